The lowest BCUT2D eigenvalue weighted by Gasteiger charge is -2.33. The van der Waals surface area contributed by atoms with Gasteiger partial charge in [-0.2, -0.15) is 0 Å². The van der Waals surface area contributed by atoms with Gasteiger partial charge in [-0.3, -0.25) is 4.79 Å². The van der Waals surface area contributed by atoms with Crippen LogP contribution >= 0.6 is 47.0 Å². The number of nitrogens with zero attached hydrogens (tertiary/aromatic N) is 1. The highest BCUT2D eigenvalue weighted by Crippen LogP contribution is 2.28. The third-order valence-corrected chi connectivity index (χ3v) is 3.16. The first-order valence-electron chi connectivity index (χ1n) is 4.84. The summed E-state index contributed by atoms with van der Waals surface area (Å²) in [5.41, 5.74) is 0. The molecule has 0 aliphatic carbocycles. The number of carbonyl (C=O) groups excluding carboxylic acids is 1. The zero-order chi connectivity index (χ0) is 12.9. The SMILES string of the molecule is O=CNC(NC(=S)N1CCOCC1)C(Cl)(Cl)Cl. The van der Waals surface area contributed by atoms with Crippen LogP contribution in [-0.2, 0) is 9.53 Å². The molecule has 0 saturated carbocycles. The summed E-state index contributed by atoms with van der Waals surface area (Å²) >= 11 is 22.3. The average molecular weight is 321 g/mol. The van der Waals surface area contributed by atoms with Crippen molar-refractivity contribution in [3.8, 4) is 0 Å². The number of rotatable bonds is 3. The maximum atomic E-state index is 10.4. The second-order valence-corrected chi connectivity index (χ2v) is 6.06. The van der Waals surface area contributed by atoms with E-state index in [1.54, 1.807) is 0 Å². The molecule has 5 nitrogen and oxygen atoms in total. The zero-order valence-corrected chi connectivity index (χ0v) is 11.9. The van der Waals surface area contributed by atoms with Crippen molar-refractivity contribution in [1.82, 2.24) is 15.5 Å². The minimum Gasteiger partial charge on any atom is -0.378 e. The first-order valence-corrected chi connectivity index (χ1v) is 6.39. The van der Waals surface area contributed by atoms with Crippen molar-refractivity contribution in [2.75, 3.05) is 26.3 Å². The van der Waals surface area contributed by atoms with E-state index in [1.165, 1.54) is 0 Å². The Balaban J connectivity index is 2.53. The number of nitrogens with one attached hydrogen (secondary N) is 2. The summed E-state index contributed by atoms with van der Waals surface area (Å²) in [4.78, 5) is 12.3. The Labute approximate surface area is 120 Å². The molecule has 1 unspecified atom stereocenters. The van der Waals surface area contributed by atoms with Crippen molar-refractivity contribution in [2.24, 2.45) is 0 Å². The Morgan fingerprint density at radius 1 is 1.41 bits per heavy atom. The summed E-state index contributed by atoms with van der Waals surface area (Å²) in [7, 11) is 0. The number of carbonyl (C=O) groups is 1. The Hall–Kier alpha value is -0.0100. The molecule has 17 heavy (non-hydrogen) atoms. The smallest absolute Gasteiger partial charge is 0.228 e. The molecule has 2 N–H and O–H groups in total. The Kier molecular flexibility index (Phi) is 6.02. The van der Waals surface area contributed by atoms with Crippen molar-refractivity contribution in [3.05, 3.63) is 0 Å². The van der Waals surface area contributed by atoms with Crippen molar-refractivity contribution >= 4 is 58.5 Å². The van der Waals surface area contributed by atoms with Gasteiger partial charge < -0.3 is 20.3 Å². The number of halogens is 3. The summed E-state index contributed by atoms with van der Waals surface area (Å²) in [6, 6.07) is 0. The van der Waals surface area contributed by atoms with Crippen LogP contribution in [0.5, 0.6) is 0 Å². The van der Waals surface area contributed by atoms with Crippen molar-refractivity contribution in [3.63, 3.8) is 0 Å². The molecule has 1 aliphatic heterocycles. The highest BCUT2D eigenvalue weighted by atomic mass is 35.6. The number of alkyl halides is 3. The van der Waals surface area contributed by atoms with Gasteiger partial charge in [-0.25, -0.2) is 0 Å². The molecule has 1 fully saturated rings. The van der Waals surface area contributed by atoms with Gasteiger partial charge in [-0.15, -0.1) is 0 Å². The quantitative estimate of drug-likeness (QED) is 0.346. The van der Waals surface area contributed by atoms with Crippen LogP contribution in [0.1, 0.15) is 0 Å². The third-order valence-electron chi connectivity index (χ3n) is 2.13. The van der Waals surface area contributed by atoms with Gasteiger partial charge >= 0.3 is 0 Å². The Bertz CT molecular complexity index is 282. The van der Waals surface area contributed by atoms with Crippen molar-refractivity contribution in [1.29, 1.82) is 0 Å². The van der Waals surface area contributed by atoms with E-state index in [4.69, 9.17) is 51.8 Å². The molecule has 1 amide bonds. The molecule has 1 aliphatic rings. The molecule has 0 bridgehead atoms. The van der Waals surface area contributed by atoms with E-state index < -0.39 is 9.96 Å². The molecule has 0 radical (unpaired) electrons. The second-order valence-electron chi connectivity index (χ2n) is 3.31. The summed E-state index contributed by atoms with van der Waals surface area (Å²) in [6.45, 7) is 2.53. The van der Waals surface area contributed by atoms with Crippen LogP contribution < -0.4 is 10.6 Å². The fourth-order valence-electron chi connectivity index (χ4n) is 1.27. The lowest BCUT2D eigenvalue weighted by Crippen LogP contribution is -2.57. The van der Waals surface area contributed by atoms with Gasteiger partial charge in [0.05, 0.1) is 13.2 Å². The highest BCUT2D eigenvalue weighted by Gasteiger charge is 2.33. The van der Waals surface area contributed by atoms with Crippen LogP contribution in [0.25, 0.3) is 0 Å². The molecule has 1 heterocycles. The van der Waals surface area contributed by atoms with Gasteiger partial charge in [0, 0.05) is 13.1 Å². The number of hydrogen-bond donors (Lipinski definition) is 2. The molecule has 98 valence electrons. The second kappa shape index (κ2) is 6.80. The van der Waals surface area contributed by atoms with E-state index in [-0.39, 0.29) is 0 Å². The molecule has 1 saturated heterocycles. The zero-order valence-electron chi connectivity index (χ0n) is 8.79. The van der Waals surface area contributed by atoms with E-state index in [0.717, 1.165) is 0 Å². The molecule has 1 atom stereocenters. The highest BCUT2D eigenvalue weighted by molar-refractivity contribution is 7.80. The minimum absolute atomic E-state index is 0.416. The number of amides is 1. The van der Waals surface area contributed by atoms with Gasteiger partial charge in [-0.1, -0.05) is 34.8 Å². The number of ether oxygens (including phenoxy) is 1. The molecule has 1 rings (SSSR count). The Morgan fingerprint density at radius 3 is 2.47 bits per heavy atom. The third kappa shape index (κ3) is 5.01. The lowest BCUT2D eigenvalue weighted by atomic mass is 10.4. The number of hydrogen-bond acceptors (Lipinski definition) is 3. The normalized spacial score (nSPS) is 18.4. The molecule has 9 heteroatoms. The van der Waals surface area contributed by atoms with Gasteiger partial charge in [-0.05, 0) is 12.2 Å². The summed E-state index contributed by atoms with van der Waals surface area (Å²) in [6.07, 6.45) is -0.429. The van der Waals surface area contributed by atoms with Crippen LogP contribution in [0.3, 0.4) is 0 Å². The predicted octanol–water partition coefficient (Wildman–Crippen LogP) is 0.635. The molecule has 0 aromatic carbocycles. The maximum absolute atomic E-state index is 10.4. The molecular formula is C8H12Cl3N3O2S. The topological polar surface area (TPSA) is 53.6 Å². The fourth-order valence-corrected chi connectivity index (χ4v) is 1.92. The van der Waals surface area contributed by atoms with E-state index in [9.17, 15) is 4.79 Å². The predicted molar refractivity (Wildman–Crippen MR) is 71.4 cm³/mol. The standard InChI is InChI=1S/C8H12Cl3N3O2S/c9-8(10,11)6(12-5-15)13-7(17)14-1-3-16-4-2-14/h5-6H,1-4H2,(H,12,15)(H,13,17). The van der Waals surface area contributed by atoms with Crippen LogP contribution in [0.15, 0.2) is 0 Å². The number of morpholine rings is 1. The average Bonchev–Trinajstić information content (AvgIpc) is 2.28. The van der Waals surface area contributed by atoms with Crippen LogP contribution in [0.4, 0.5) is 0 Å². The van der Waals surface area contributed by atoms with E-state index in [2.05, 4.69) is 10.6 Å². The largest absolute Gasteiger partial charge is 0.378 e. The van der Waals surface area contributed by atoms with Gasteiger partial charge in [0.2, 0.25) is 10.2 Å². The maximum Gasteiger partial charge on any atom is 0.228 e. The van der Waals surface area contributed by atoms with E-state index in [0.29, 0.717) is 37.8 Å². The lowest BCUT2D eigenvalue weighted by molar-refractivity contribution is -0.110. The van der Waals surface area contributed by atoms with E-state index in [1.807, 2.05) is 4.90 Å². The minimum atomic E-state index is -1.68. The van der Waals surface area contributed by atoms with Gasteiger partial charge in [0.15, 0.2) is 5.11 Å². The van der Waals surface area contributed by atoms with Gasteiger partial charge in [0.25, 0.3) is 0 Å². The molecule has 0 spiro atoms. The monoisotopic (exact) mass is 319 g/mol. The van der Waals surface area contributed by atoms with Crippen molar-refractivity contribution < 1.29 is 9.53 Å². The fraction of sp³-hybridized carbons (Fsp3) is 0.750. The summed E-state index contributed by atoms with van der Waals surface area (Å²) in [5, 5.41) is 5.57. The summed E-state index contributed by atoms with van der Waals surface area (Å²) < 4.78 is 3.51. The molecule has 0 aromatic heterocycles. The number of thiocarbonyl (C=S) groups is 1. The first kappa shape index (κ1) is 15.0. The first-order chi connectivity index (χ1) is 7.95. The van der Waals surface area contributed by atoms with Crippen molar-refractivity contribution in [2.45, 2.75) is 9.96 Å². The molecule has 0 aromatic rings. The van der Waals surface area contributed by atoms with Gasteiger partial charge in [0.1, 0.15) is 6.17 Å². The Morgan fingerprint density at radius 2 is 2.00 bits per heavy atom. The van der Waals surface area contributed by atoms with Crippen LogP contribution in [0, 0.1) is 0 Å². The van der Waals surface area contributed by atoms with Crippen LogP contribution in [-0.4, -0.2) is 52.7 Å². The van der Waals surface area contributed by atoms with Crippen LogP contribution in [0.2, 0.25) is 0 Å². The summed E-state index contributed by atoms with van der Waals surface area (Å²) in [5.74, 6) is 0. The van der Waals surface area contributed by atoms with E-state index >= 15 is 0 Å². The molecular weight excluding hydrogens is 309 g/mol.